The Hall–Kier alpha value is -0.123. The molecule has 2 nitrogen and oxygen atoms in total. The maximum atomic E-state index is 6.70. The van der Waals surface area contributed by atoms with Crippen molar-refractivity contribution in [3.05, 3.63) is 12.2 Å². The van der Waals surface area contributed by atoms with Gasteiger partial charge in [-0.15, -0.1) is 0 Å². The molecule has 2 aliphatic heterocycles. The summed E-state index contributed by atoms with van der Waals surface area (Å²) in [6.45, 7) is 22.6. The van der Waals surface area contributed by atoms with Crippen molar-refractivity contribution in [2.75, 3.05) is 0 Å². The molecule has 116 valence electrons. The number of hydrogen-bond donors (Lipinski definition) is 0. The predicted molar refractivity (Wildman–Crippen MR) is 87.5 cm³/mol. The first-order valence-electron chi connectivity index (χ1n) is 7.93. The second-order valence-corrected chi connectivity index (χ2v) is 13.5. The van der Waals surface area contributed by atoms with Crippen LogP contribution in [0, 0.1) is 5.92 Å². The first kappa shape index (κ1) is 16.3. The number of ether oxygens (including phenoxy) is 1. The molecule has 0 aromatic heterocycles. The van der Waals surface area contributed by atoms with Crippen LogP contribution in [0.4, 0.5) is 0 Å². The average Bonchev–Trinajstić information content (AvgIpc) is 2.72. The lowest BCUT2D eigenvalue weighted by Gasteiger charge is -2.43. The summed E-state index contributed by atoms with van der Waals surface area (Å²) in [5.74, 6) is 0.463. The minimum absolute atomic E-state index is 0.0690. The Labute approximate surface area is 126 Å². The van der Waals surface area contributed by atoms with Crippen LogP contribution in [0.5, 0.6) is 0 Å². The van der Waals surface area contributed by atoms with Crippen LogP contribution in [0.25, 0.3) is 0 Å². The van der Waals surface area contributed by atoms with Crippen LogP contribution in [0.2, 0.25) is 18.1 Å². The van der Waals surface area contributed by atoms with Crippen LogP contribution >= 0.6 is 0 Å². The van der Waals surface area contributed by atoms with Crippen molar-refractivity contribution in [1.29, 1.82) is 0 Å². The summed E-state index contributed by atoms with van der Waals surface area (Å²) in [4.78, 5) is 0. The van der Waals surface area contributed by atoms with Gasteiger partial charge in [0.15, 0.2) is 8.32 Å². The Balaban J connectivity index is 2.29. The summed E-state index contributed by atoms with van der Waals surface area (Å²) in [6, 6.07) is 0. The van der Waals surface area contributed by atoms with E-state index < -0.39 is 8.32 Å². The van der Waals surface area contributed by atoms with E-state index in [1.54, 1.807) is 0 Å². The van der Waals surface area contributed by atoms with E-state index in [0.29, 0.717) is 5.92 Å². The molecule has 2 bridgehead atoms. The second kappa shape index (κ2) is 4.44. The first-order valence-corrected chi connectivity index (χ1v) is 10.8. The highest BCUT2D eigenvalue weighted by Gasteiger charge is 2.64. The van der Waals surface area contributed by atoms with Gasteiger partial charge in [-0.05, 0) is 49.4 Å². The summed E-state index contributed by atoms with van der Waals surface area (Å²) in [7, 11) is -1.80. The molecule has 2 heterocycles. The molecule has 0 aromatic carbocycles. The van der Waals surface area contributed by atoms with Crippen molar-refractivity contribution < 1.29 is 9.16 Å². The van der Waals surface area contributed by atoms with Gasteiger partial charge >= 0.3 is 0 Å². The molecule has 20 heavy (non-hydrogen) atoms. The normalized spacial score (nSPS) is 38.0. The summed E-state index contributed by atoms with van der Waals surface area (Å²) < 4.78 is 13.2. The van der Waals surface area contributed by atoms with E-state index in [4.69, 9.17) is 9.16 Å². The van der Waals surface area contributed by atoms with Gasteiger partial charge in [0.05, 0.1) is 17.3 Å². The van der Waals surface area contributed by atoms with Gasteiger partial charge in [0.2, 0.25) is 0 Å². The number of rotatable bonds is 3. The van der Waals surface area contributed by atoms with Crippen LogP contribution in [0.15, 0.2) is 12.2 Å². The van der Waals surface area contributed by atoms with Gasteiger partial charge in [0.25, 0.3) is 0 Å². The van der Waals surface area contributed by atoms with Crippen molar-refractivity contribution in [1.82, 2.24) is 0 Å². The topological polar surface area (TPSA) is 18.5 Å². The third-order valence-corrected chi connectivity index (χ3v) is 10.4. The molecule has 0 aromatic rings. The lowest BCUT2D eigenvalue weighted by Crippen LogP contribution is -2.50. The van der Waals surface area contributed by atoms with Gasteiger partial charge in [-0.3, -0.25) is 0 Å². The molecule has 0 spiro atoms. The maximum absolute atomic E-state index is 6.70. The summed E-state index contributed by atoms with van der Waals surface area (Å²) in [5, 5.41) is 0.219. The molecule has 0 unspecified atom stereocenters. The van der Waals surface area contributed by atoms with Gasteiger partial charge in [0, 0.05) is 0 Å². The first-order chi connectivity index (χ1) is 8.86. The van der Waals surface area contributed by atoms with Crippen molar-refractivity contribution in [2.24, 2.45) is 5.92 Å². The van der Waals surface area contributed by atoms with Gasteiger partial charge in [-0.2, -0.15) is 0 Å². The van der Waals surface area contributed by atoms with Gasteiger partial charge in [-0.25, -0.2) is 0 Å². The predicted octanol–water partition coefficient (Wildman–Crippen LogP) is 4.91. The largest absolute Gasteiger partial charge is 0.407 e. The molecular formula is C17H32O2Si. The SMILES string of the molecule is C=C1[C@@H](O[Si](C)(C)C(C)(C)C)[C@]2(C)CC[C@@]1(C(C)C)O2. The van der Waals surface area contributed by atoms with Crippen LogP contribution in [-0.4, -0.2) is 25.6 Å². The molecule has 2 saturated heterocycles. The zero-order valence-corrected chi connectivity index (χ0v) is 15.6. The van der Waals surface area contributed by atoms with Gasteiger partial charge in [0.1, 0.15) is 0 Å². The highest BCUT2D eigenvalue weighted by molar-refractivity contribution is 6.74. The Bertz CT molecular complexity index is 421. The van der Waals surface area contributed by atoms with E-state index >= 15 is 0 Å². The second-order valence-electron chi connectivity index (χ2n) is 8.74. The fourth-order valence-electron chi connectivity index (χ4n) is 3.40. The lowest BCUT2D eigenvalue weighted by atomic mass is 9.72. The molecule has 0 radical (unpaired) electrons. The molecule has 3 atom stereocenters. The summed E-state index contributed by atoms with van der Waals surface area (Å²) in [5.41, 5.74) is 0.865. The third kappa shape index (κ3) is 2.13. The molecule has 2 rings (SSSR count). The van der Waals surface area contributed by atoms with Crippen molar-refractivity contribution in [2.45, 2.75) is 89.8 Å². The zero-order chi connectivity index (χ0) is 15.6. The number of fused-ring (bicyclic) bond motifs is 2. The van der Waals surface area contributed by atoms with Crippen molar-refractivity contribution in [3.8, 4) is 0 Å². The van der Waals surface area contributed by atoms with E-state index in [0.717, 1.165) is 12.8 Å². The van der Waals surface area contributed by atoms with Crippen molar-refractivity contribution in [3.63, 3.8) is 0 Å². The van der Waals surface area contributed by atoms with Crippen LogP contribution in [0.1, 0.15) is 54.4 Å². The highest BCUT2D eigenvalue weighted by Crippen LogP contribution is 2.58. The van der Waals surface area contributed by atoms with Crippen LogP contribution < -0.4 is 0 Å². The Morgan fingerprint density at radius 2 is 1.85 bits per heavy atom. The fourth-order valence-corrected chi connectivity index (χ4v) is 4.73. The van der Waals surface area contributed by atoms with Crippen LogP contribution in [-0.2, 0) is 9.16 Å². The zero-order valence-electron chi connectivity index (χ0n) is 14.6. The Kier molecular flexibility index (Phi) is 3.60. The van der Waals surface area contributed by atoms with E-state index in [2.05, 4.69) is 61.2 Å². The molecule has 0 amide bonds. The molecule has 2 fully saturated rings. The molecule has 0 N–H and O–H groups in total. The third-order valence-electron chi connectivity index (χ3n) is 5.97. The van der Waals surface area contributed by atoms with E-state index in [1.165, 1.54) is 5.57 Å². The fraction of sp³-hybridized carbons (Fsp3) is 0.882. The van der Waals surface area contributed by atoms with E-state index in [-0.39, 0.29) is 22.3 Å². The quantitative estimate of drug-likeness (QED) is 0.544. The van der Waals surface area contributed by atoms with Crippen molar-refractivity contribution >= 4 is 8.32 Å². The lowest BCUT2D eigenvalue weighted by molar-refractivity contribution is -0.0756. The average molecular weight is 297 g/mol. The summed E-state index contributed by atoms with van der Waals surface area (Å²) >= 11 is 0. The molecular weight excluding hydrogens is 264 g/mol. The Morgan fingerprint density at radius 3 is 2.25 bits per heavy atom. The maximum Gasteiger partial charge on any atom is 0.193 e. The highest BCUT2D eigenvalue weighted by atomic mass is 28.4. The number of hydrogen-bond acceptors (Lipinski definition) is 2. The van der Waals surface area contributed by atoms with Crippen LogP contribution in [0.3, 0.4) is 0 Å². The molecule has 0 aliphatic carbocycles. The van der Waals surface area contributed by atoms with Gasteiger partial charge < -0.3 is 9.16 Å². The molecule has 0 saturated carbocycles. The molecule has 2 aliphatic rings. The van der Waals surface area contributed by atoms with Gasteiger partial charge in [-0.1, -0.05) is 41.2 Å². The minimum Gasteiger partial charge on any atom is -0.407 e. The van der Waals surface area contributed by atoms with E-state index in [9.17, 15) is 0 Å². The Morgan fingerprint density at radius 1 is 1.30 bits per heavy atom. The monoisotopic (exact) mass is 296 g/mol. The molecule has 3 heteroatoms. The smallest absolute Gasteiger partial charge is 0.193 e. The standard InChI is InChI=1S/C17H32O2Si/c1-12(2)17-11-10-16(7,19-17)14(13(17)3)18-20(8,9)15(4,5)6/h12,14H,3,10-11H2,1-2,4-9H3/t14-,16+,17+/m1/s1. The minimum atomic E-state index is -1.80. The summed E-state index contributed by atoms with van der Waals surface area (Å²) in [6.07, 6.45) is 2.25. The van der Waals surface area contributed by atoms with E-state index in [1.807, 2.05) is 0 Å².